The molecule has 2 heterocycles. The minimum atomic E-state index is 0.154. The largest absolute Gasteiger partial charge is 0.344 e. The number of piperidine rings is 1. The van der Waals surface area contributed by atoms with Gasteiger partial charge in [0.2, 0.25) is 5.95 Å². The number of anilines is 1. The maximum absolute atomic E-state index is 5.79. The average molecular weight is 277 g/mol. The molecule has 1 aliphatic heterocycles. The smallest absolute Gasteiger partial charge is 0.224 e. The molecule has 0 aliphatic carbocycles. The molecule has 2 rings (SSSR count). The molecule has 5 heteroatoms. The summed E-state index contributed by atoms with van der Waals surface area (Å²) in [6, 6.07) is 0.154. The molecule has 1 unspecified atom stereocenters. The molecule has 0 spiro atoms. The van der Waals surface area contributed by atoms with Crippen LogP contribution in [0.2, 0.25) is 0 Å². The number of likely N-dealkylation sites (tertiary alicyclic amines) is 1. The number of aromatic nitrogens is 2. The van der Waals surface area contributed by atoms with Gasteiger partial charge in [0.25, 0.3) is 0 Å². The highest BCUT2D eigenvalue weighted by atomic mass is 15.2. The molecule has 1 fully saturated rings. The van der Waals surface area contributed by atoms with E-state index < -0.39 is 0 Å². The molecule has 1 atom stereocenters. The highest BCUT2D eigenvalue weighted by Crippen LogP contribution is 2.18. The van der Waals surface area contributed by atoms with Crippen LogP contribution in [0, 0.1) is 5.92 Å². The summed E-state index contributed by atoms with van der Waals surface area (Å²) in [6.07, 6.45) is 7.17. The van der Waals surface area contributed by atoms with Gasteiger partial charge in [-0.25, -0.2) is 9.97 Å². The van der Waals surface area contributed by atoms with Crippen LogP contribution in [0.5, 0.6) is 0 Å². The topological polar surface area (TPSA) is 58.3 Å². The Morgan fingerprint density at radius 1 is 1.35 bits per heavy atom. The maximum atomic E-state index is 5.79. The normalized spacial score (nSPS) is 19.0. The van der Waals surface area contributed by atoms with E-state index in [9.17, 15) is 0 Å². The molecule has 1 saturated heterocycles. The Labute approximate surface area is 122 Å². The fraction of sp³-hybridized carbons (Fsp3) is 0.733. The molecule has 0 aromatic carbocycles. The molecule has 2 N–H and O–H groups in total. The number of rotatable bonds is 5. The lowest BCUT2D eigenvalue weighted by Gasteiger charge is -2.31. The summed E-state index contributed by atoms with van der Waals surface area (Å²) in [7, 11) is 4.28. The van der Waals surface area contributed by atoms with Crippen LogP contribution in [-0.2, 0) is 6.42 Å². The second-order valence-corrected chi connectivity index (χ2v) is 6.20. The molecular formula is C15H27N5. The summed E-state index contributed by atoms with van der Waals surface area (Å²) in [6.45, 7) is 5.44. The Hall–Kier alpha value is -1.20. The van der Waals surface area contributed by atoms with Crippen LogP contribution in [0.25, 0.3) is 0 Å². The molecule has 1 aromatic heterocycles. The van der Waals surface area contributed by atoms with Crippen LogP contribution in [0.15, 0.2) is 12.4 Å². The van der Waals surface area contributed by atoms with Gasteiger partial charge in [-0.05, 0) is 57.8 Å². The molecule has 20 heavy (non-hydrogen) atoms. The molecule has 0 saturated carbocycles. The minimum Gasteiger partial charge on any atom is -0.344 e. The van der Waals surface area contributed by atoms with Gasteiger partial charge >= 0.3 is 0 Å². The van der Waals surface area contributed by atoms with Gasteiger partial charge in [0, 0.05) is 32.0 Å². The zero-order valence-electron chi connectivity index (χ0n) is 12.9. The van der Waals surface area contributed by atoms with Crippen molar-refractivity contribution in [1.29, 1.82) is 0 Å². The zero-order chi connectivity index (χ0) is 14.5. The van der Waals surface area contributed by atoms with Crippen molar-refractivity contribution in [3.8, 4) is 0 Å². The van der Waals surface area contributed by atoms with Crippen molar-refractivity contribution in [2.24, 2.45) is 11.7 Å². The van der Waals surface area contributed by atoms with Gasteiger partial charge in [-0.3, -0.25) is 0 Å². The van der Waals surface area contributed by atoms with Crippen molar-refractivity contribution < 1.29 is 0 Å². The van der Waals surface area contributed by atoms with Crippen molar-refractivity contribution in [1.82, 2.24) is 14.9 Å². The Morgan fingerprint density at radius 2 is 1.95 bits per heavy atom. The Bertz CT molecular complexity index is 395. The lowest BCUT2D eigenvalue weighted by Crippen LogP contribution is -2.36. The number of hydrogen-bond donors (Lipinski definition) is 1. The number of nitrogens with two attached hydrogens (primary N) is 1. The molecule has 1 aromatic rings. The first-order chi connectivity index (χ1) is 9.54. The SMILES string of the molecule is CC(N)Cc1cnc(N(C)CC2CCN(C)CC2)nc1. The first kappa shape index (κ1) is 15.2. The van der Waals surface area contributed by atoms with E-state index in [4.69, 9.17) is 5.73 Å². The molecule has 0 radical (unpaired) electrons. The highest BCUT2D eigenvalue weighted by molar-refractivity contribution is 5.28. The van der Waals surface area contributed by atoms with Crippen LogP contribution in [-0.4, -0.2) is 54.6 Å². The Morgan fingerprint density at radius 3 is 2.50 bits per heavy atom. The molecule has 1 aliphatic rings. The van der Waals surface area contributed by atoms with Crippen LogP contribution in [0.3, 0.4) is 0 Å². The molecule has 0 amide bonds. The van der Waals surface area contributed by atoms with E-state index in [1.807, 2.05) is 19.3 Å². The lowest BCUT2D eigenvalue weighted by molar-refractivity contribution is 0.222. The van der Waals surface area contributed by atoms with E-state index in [1.165, 1.54) is 25.9 Å². The summed E-state index contributed by atoms with van der Waals surface area (Å²) in [5.74, 6) is 1.57. The van der Waals surface area contributed by atoms with Crippen LogP contribution >= 0.6 is 0 Å². The summed E-state index contributed by atoms with van der Waals surface area (Å²) >= 11 is 0. The first-order valence-electron chi connectivity index (χ1n) is 7.50. The van der Waals surface area contributed by atoms with Gasteiger partial charge in [-0.15, -0.1) is 0 Å². The van der Waals surface area contributed by atoms with Crippen molar-refractivity contribution in [3.05, 3.63) is 18.0 Å². The zero-order valence-corrected chi connectivity index (χ0v) is 12.9. The van der Waals surface area contributed by atoms with Crippen LogP contribution in [0.1, 0.15) is 25.3 Å². The monoisotopic (exact) mass is 277 g/mol. The van der Waals surface area contributed by atoms with Crippen LogP contribution in [0.4, 0.5) is 5.95 Å². The van der Waals surface area contributed by atoms with Gasteiger partial charge in [0.05, 0.1) is 0 Å². The third kappa shape index (κ3) is 4.42. The summed E-state index contributed by atoms with van der Waals surface area (Å²) in [5.41, 5.74) is 6.90. The highest BCUT2D eigenvalue weighted by Gasteiger charge is 2.19. The maximum Gasteiger partial charge on any atom is 0.224 e. The first-order valence-corrected chi connectivity index (χ1v) is 7.50. The van der Waals surface area contributed by atoms with Crippen LogP contribution < -0.4 is 10.6 Å². The molecular weight excluding hydrogens is 250 g/mol. The van der Waals surface area contributed by atoms with Gasteiger partial charge in [-0.1, -0.05) is 0 Å². The third-order valence-corrected chi connectivity index (χ3v) is 3.96. The quantitative estimate of drug-likeness (QED) is 0.875. The lowest BCUT2D eigenvalue weighted by atomic mass is 9.97. The summed E-state index contributed by atoms with van der Waals surface area (Å²) in [4.78, 5) is 13.5. The van der Waals surface area contributed by atoms with E-state index in [0.717, 1.165) is 30.4 Å². The standard InChI is InChI=1S/C15H27N5/c1-12(16)8-14-9-17-15(18-10-14)20(3)11-13-4-6-19(2)7-5-13/h9-10,12-13H,4-8,11,16H2,1-3H3. The van der Waals surface area contributed by atoms with Crippen molar-refractivity contribution in [2.45, 2.75) is 32.2 Å². The predicted octanol–water partition coefficient (Wildman–Crippen LogP) is 1.14. The molecule has 0 bridgehead atoms. The van der Waals surface area contributed by atoms with E-state index in [-0.39, 0.29) is 6.04 Å². The number of nitrogens with zero attached hydrogens (tertiary/aromatic N) is 4. The fourth-order valence-electron chi connectivity index (χ4n) is 2.74. The Kier molecular flexibility index (Phi) is 5.31. The van der Waals surface area contributed by atoms with E-state index >= 15 is 0 Å². The van der Waals surface area contributed by atoms with E-state index in [1.54, 1.807) is 0 Å². The van der Waals surface area contributed by atoms with Gasteiger partial charge in [0.15, 0.2) is 0 Å². The van der Waals surface area contributed by atoms with Gasteiger partial charge < -0.3 is 15.5 Å². The predicted molar refractivity (Wildman–Crippen MR) is 82.9 cm³/mol. The second kappa shape index (κ2) is 6.99. The van der Waals surface area contributed by atoms with E-state index in [2.05, 4.69) is 33.9 Å². The molecule has 5 nitrogen and oxygen atoms in total. The minimum absolute atomic E-state index is 0.154. The second-order valence-electron chi connectivity index (χ2n) is 6.20. The Balaban J connectivity index is 1.87. The van der Waals surface area contributed by atoms with E-state index in [0.29, 0.717) is 0 Å². The summed E-state index contributed by atoms with van der Waals surface area (Å²) < 4.78 is 0. The van der Waals surface area contributed by atoms with Gasteiger partial charge in [0.1, 0.15) is 0 Å². The van der Waals surface area contributed by atoms with Crippen molar-refractivity contribution in [2.75, 3.05) is 38.6 Å². The molecule has 112 valence electrons. The van der Waals surface area contributed by atoms with Crippen molar-refractivity contribution in [3.63, 3.8) is 0 Å². The number of hydrogen-bond acceptors (Lipinski definition) is 5. The van der Waals surface area contributed by atoms with Crippen molar-refractivity contribution >= 4 is 5.95 Å². The average Bonchev–Trinajstić information content (AvgIpc) is 2.41. The fourth-order valence-corrected chi connectivity index (χ4v) is 2.74. The summed E-state index contributed by atoms with van der Waals surface area (Å²) in [5, 5.41) is 0. The third-order valence-electron chi connectivity index (χ3n) is 3.96. The van der Waals surface area contributed by atoms with Gasteiger partial charge in [-0.2, -0.15) is 0 Å².